The molecule has 6 nitrogen and oxygen atoms in total. The number of aromatic nitrogens is 3. The summed E-state index contributed by atoms with van der Waals surface area (Å²) in [6.45, 7) is 5.69. The van der Waals surface area contributed by atoms with Gasteiger partial charge in [-0.3, -0.25) is 9.88 Å². The molecule has 6 heteroatoms. The van der Waals surface area contributed by atoms with Gasteiger partial charge in [-0.15, -0.1) is 0 Å². The van der Waals surface area contributed by atoms with Gasteiger partial charge in [0, 0.05) is 52.2 Å². The van der Waals surface area contributed by atoms with Crippen LogP contribution in [-0.2, 0) is 6.54 Å². The first-order valence-electron chi connectivity index (χ1n) is 10.0. The molecule has 0 aromatic carbocycles. The Morgan fingerprint density at radius 1 is 1.07 bits per heavy atom. The van der Waals surface area contributed by atoms with Gasteiger partial charge in [-0.2, -0.15) is 0 Å². The summed E-state index contributed by atoms with van der Waals surface area (Å²) in [6, 6.07) is 6.32. The summed E-state index contributed by atoms with van der Waals surface area (Å²) in [7, 11) is 4.05. The molecule has 2 aromatic heterocycles. The van der Waals surface area contributed by atoms with Crippen LogP contribution in [0.25, 0.3) is 0 Å². The summed E-state index contributed by atoms with van der Waals surface area (Å²) in [6.07, 6.45) is 9.44. The van der Waals surface area contributed by atoms with Gasteiger partial charge in [-0.25, -0.2) is 9.97 Å². The molecule has 0 amide bonds. The number of rotatable bonds is 5. The molecular formula is C21H30N6. The monoisotopic (exact) mass is 366 g/mol. The summed E-state index contributed by atoms with van der Waals surface area (Å²) < 4.78 is 0. The summed E-state index contributed by atoms with van der Waals surface area (Å²) in [5, 5.41) is 0. The SMILES string of the molecule is CN(C)c1cc(N2CC[C@H](C3CCN(Cc4cccnc4)CC3)C2)ncn1. The number of hydrogen-bond donors (Lipinski definition) is 0. The minimum Gasteiger partial charge on any atom is -0.363 e. The van der Waals surface area contributed by atoms with Gasteiger partial charge < -0.3 is 9.80 Å². The summed E-state index contributed by atoms with van der Waals surface area (Å²) in [5.41, 5.74) is 1.32. The molecular weight excluding hydrogens is 336 g/mol. The van der Waals surface area contributed by atoms with Gasteiger partial charge in [0.25, 0.3) is 0 Å². The number of hydrogen-bond acceptors (Lipinski definition) is 6. The highest BCUT2D eigenvalue weighted by atomic mass is 15.2. The molecule has 1 atom stereocenters. The molecule has 0 bridgehead atoms. The Hall–Kier alpha value is -2.21. The average Bonchev–Trinajstić information content (AvgIpc) is 3.20. The first-order chi connectivity index (χ1) is 13.2. The number of likely N-dealkylation sites (tertiary alicyclic amines) is 1. The molecule has 144 valence electrons. The van der Waals surface area contributed by atoms with Crippen molar-refractivity contribution in [1.82, 2.24) is 19.9 Å². The van der Waals surface area contributed by atoms with Gasteiger partial charge in [0.2, 0.25) is 0 Å². The Morgan fingerprint density at radius 3 is 2.63 bits per heavy atom. The van der Waals surface area contributed by atoms with Gasteiger partial charge >= 0.3 is 0 Å². The zero-order chi connectivity index (χ0) is 18.6. The first-order valence-corrected chi connectivity index (χ1v) is 10.0. The van der Waals surface area contributed by atoms with Crippen LogP contribution in [0.15, 0.2) is 36.9 Å². The maximum absolute atomic E-state index is 4.52. The van der Waals surface area contributed by atoms with Crippen molar-refractivity contribution in [3.8, 4) is 0 Å². The topological polar surface area (TPSA) is 48.4 Å². The molecule has 4 rings (SSSR count). The van der Waals surface area contributed by atoms with Crippen molar-refractivity contribution in [2.75, 3.05) is 50.1 Å². The molecule has 4 heterocycles. The smallest absolute Gasteiger partial charge is 0.134 e. The standard InChI is InChI=1S/C21H30N6/c1-25(2)20-12-21(24-16-23-20)27-11-7-19(15-27)18-5-9-26(10-6-18)14-17-4-3-8-22-13-17/h3-4,8,12-13,16,18-19H,5-7,9-11,14-15H2,1-2H3/t19-/m0/s1. The molecule has 2 aliphatic rings. The van der Waals surface area contributed by atoms with Crippen molar-refractivity contribution in [3.05, 3.63) is 42.5 Å². The second kappa shape index (κ2) is 8.21. The third-order valence-electron chi connectivity index (χ3n) is 6.07. The Labute approximate surface area is 162 Å². The molecule has 2 saturated heterocycles. The van der Waals surface area contributed by atoms with Crippen LogP contribution < -0.4 is 9.80 Å². The van der Waals surface area contributed by atoms with E-state index in [1.807, 2.05) is 37.5 Å². The van der Waals surface area contributed by atoms with Crippen LogP contribution in [0.4, 0.5) is 11.6 Å². The van der Waals surface area contributed by atoms with E-state index in [0.717, 1.165) is 43.1 Å². The average molecular weight is 367 g/mol. The molecule has 0 spiro atoms. The van der Waals surface area contributed by atoms with E-state index in [2.05, 4.69) is 36.9 Å². The molecule has 2 fully saturated rings. The van der Waals surface area contributed by atoms with Crippen molar-refractivity contribution >= 4 is 11.6 Å². The fourth-order valence-electron chi connectivity index (χ4n) is 4.47. The van der Waals surface area contributed by atoms with Crippen molar-refractivity contribution in [1.29, 1.82) is 0 Å². The van der Waals surface area contributed by atoms with E-state index >= 15 is 0 Å². The maximum Gasteiger partial charge on any atom is 0.134 e. The van der Waals surface area contributed by atoms with Crippen LogP contribution in [0, 0.1) is 11.8 Å². The fraction of sp³-hybridized carbons (Fsp3) is 0.571. The van der Waals surface area contributed by atoms with Crippen LogP contribution >= 0.6 is 0 Å². The minimum absolute atomic E-state index is 0.795. The Balaban J connectivity index is 1.29. The molecule has 27 heavy (non-hydrogen) atoms. The van der Waals surface area contributed by atoms with Crippen molar-refractivity contribution in [2.24, 2.45) is 11.8 Å². The number of pyridine rings is 1. The molecule has 0 N–H and O–H groups in total. The van der Waals surface area contributed by atoms with E-state index in [-0.39, 0.29) is 0 Å². The van der Waals surface area contributed by atoms with E-state index in [1.54, 1.807) is 6.33 Å². The van der Waals surface area contributed by atoms with E-state index in [1.165, 1.54) is 37.9 Å². The number of anilines is 2. The molecule has 0 aliphatic carbocycles. The van der Waals surface area contributed by atoms with Crippen LogP contribution in [0.2, 0.25) is 0 Å². The zero-order valence-corrected chi connectivity index (χ0v) is 16.5. The minimum atomic E-state index is 0.795. The van der Waals surface area contributed by atoms with Gasteiger partial charge in [-0.1, -0.05) is 6.07 Å². The van der Waals surface area contributed by atoms with Gasteiger partial charge in [-0.05, 0) is 55.8 Å². The molecule has 0 radical (unpaired) electrons. The summed E-state index contributed by atoms with van der Waals surface area (Å²) in [4.78, 5) is 20.2. The lowest BCUT2D eigenvalue weighted by molar-refractivity contribution is 0.147. The second-order valence-corrected chi connectivity index (χ2v) is 8.10. The van der Waals surface area contributed by atoms with Crippen molar-refractivity contribution in [2.45, 2.75) is 25.8 Å². The largest absolute Gasteiger partial charge is 0.363 e. The van der Waals surface area contributed by atoms with Crippen LogP contribution in [-0.4, -0.2) is 60.1 Å². The van der Waals surface area contributed by atoms with Crippen LogP contribution in [0.5, 0.6) is 0 Å². The van der Waals surface area contributed by atoms with Gasteiger partial charge in [0.05, 0.1) is 0 Å². The van der Waals surface area contributed by atoms with Crippen molar-refractivity contribution < 1.29 is 0 Å². The summed E-state index contributed by atoms with van der Waals surface area (Å²) in [5.74, 6) is 3.69. The lowest BCUT2D eigenvalue weighted by Gasteiger charge is -2.34. The Morgan fingerprint density at radius 2 is 1.89 bits per heavy atom. The Kier molecular flexibility index (Phi) is 5.53. The first kappa shape index (κ1) is 18.2. The molecule has 2 aliphatic heterocycles. The number of piperidine rings is 1. The van der Waals surface area contributed by atoms with E-state index in [9.17, 15) is 0 Å². The molecule has 2 aromatic rings. The lowest BCUT2D eigenvalue weighted by atomic mass is 9.83. The van der Waals surface area contributed by atoms with Crippen LogP contribution in [0.3, 0.4) is 0 Å². The van der Waals surface area contributed by atoms with E-state index in [4.69, 9.17) is 0 Å². The third kappa shape index (κ3) is 4.38. The van der Waals surface area contributed by atoms with E-state index < -0.39 is 0 Å². The van der Waals surface area contributed by atoms with Crippen LogP contribution in [0.1, 0.15) is 24.8 Å². The highest BCUT2D eigenvalue weighted by Crippen LogP contribution is 2.34. The number of nitrogens with zero attached hydrogens (tertiary/aromatic N) is 6. The Bertz CT molecular complexity index is 726. The lowest BCUT2D eigenvalue weighted by Crippen LogP contribution is -2.36. The quantitative estimate of drug-likeness (QED) is 0.811. The predicted molar refractivity (Wildman–Crippen MR) is 109 cm³/mol. The second-order valence-electron chi connectivity index (χ2n) is 8.10. The zero-order valence-electron chi connectivity index (χ0n) is 16.5. The van der Waals surface area contributed by atoms with Crippen molar-refractivity contribution in [3.63, 3.8) is 0 Å². The molecule has 0 saturated carbocycles. The fourth-order valence-corrected chi connectivity index (χ4v) is 4.47. The molecule has 0 unspecified atom stereocenters. The highest BCUT2D eigenvalue weighted by molar-refractivity contribution is 5.49. The third-order valence-corrected chi connectivity index (χ3v) is 6.07. The van der Waals surface area contributed by atoms with E-state index in [0.29, 0.717) is 0 Å². The maximum atomic E-state index is 4.52. The normalized spacial score (nSPS) is 21.6. The summed E-state index contributed by atoms with van der Waals surface area (Å²) >= 11 is 0. The highest BCUT2D eigenvalue weighted by Gasteiger charge is 2.32. The predicted octanol–water partition coefficient (Wildman–Crippen LogP) is 2.68. The van der Waals surface area contributed by atoms with Gasteiger partial charge in [0.1, 0.15) is 18.0 Å². The van der Waals surface area contributed by atoms with Gasteiger partial charge in [0.15, 0.2) is 0 Å².